The van der Waals surface area contributed by atoms with E-state index in [4.69, 9.17) is 4.42 Å². The average molecular weight is 644 g/mol. The summed E-state index contributed by atoms with van der Waals surface area (Å²) in [5.41, 5.74) is 9.80. The molecule has 3 heteroatoms. The van der Waals surface area contributed by atoms with Crippen molar-refractivity contribution in [2.75, 3.05) is 4.90 Å². The van der Waals surface area contributed by atoms with Crippen LogP contribution in [0.1, 0.15) is 0 Å². The number of fused-ring (bicyclic) bond motifs is 7. The summed E-state index contributed by atoms with van der Waals surface area (Å²) in [6.07, 6.45) is 0. The Kier molecular flexibility index (Phi) is 6.39. The Bertz CT molecular complexity index is 2860. The molecular formula is C46H29NOS. The van der Waals surface area contributed by atoms with Gasteiger partial charge < -0.3 is 9.32 Å². The van der Waals surface area contributed by atoms with E-state index in [-0.39, 0.29) is 0 Å². The van der Waals surface area contributed by atoms with Crippen LogP contribution in [0.15, 0.2) is 180 Å². The predicted octanol–water partition coefficient (Wildman–Crippen LogP) is 13.9. The summed E-state index contributed by atoms with van der Waals surface area (Å²) in [7, 11) is 0. The smallest absolute Gasteiger partial charge is 0.137 e. The number of nitrogens with zero attached hydrogens (tertiary/aromatic N) is 1. The fourth-order valence-electron chi connectivity index (χ4n) is 7.40. The molecule has 10 aromatic rings. The minimum Gasteiger partial charge on any atom is -0.456 e. The first-order chi connectivity index (χ1) is 24.3. The molecule has 0 unspecified atom stereocenters. The number of hydrogen-bond donors (Lipinski definition) is 0. The van der Waals surface area contributed by atoms with Gasteiger partial charge in [-0.05, 0) is 70.4 Å². The Morgan fingerprint density at radius 2 is 1.10 bits per heavy atom. The zero-order chi connectivity index (χ0) is 32.3. The quantitative estimate of drug-likeness (QED) is 0.186. The Morgan fingerprint density at radius 1 is 0.429 bits per heavy atom. The van der Waals surface area contributed by atoms with E-state index in [9.17, 15) is 0 Å². The molecule has 0 amide bonds. The van der Waals surface area contributed by atoms with E-state index in [2.05, 4.69) is 175 Å². The van der Waals surface area contributed by atoms with Gasteiger partial charge in [0.15, 0.2) is 0 Å². The molecule has 230 valence electrons. The van der Waals surface area contributed by atoms with Crippen LogP contribution in [0, 0.1) is 0 Å². The summed E-state index contributed by atoms with van der Waals surface area (Å²) >= 11 is 1.87. The molecule has 2 nitrogen and oxygen atoms in total. The fraction of sp³-hybridized carbons (Fsp3) is 0. The third-order valence-electron chi connectivity index (χ3n) is 9.65. The van der Waals surface area contributed by atoms with Gasteiger partial charge in [0, 0.05) is 42.4 Å². The van der Waals surface area contributed by atoms with E-state index in [1.807, 2.05) is 17.4 Å². The summed E-state index contributed by atoms with van der Waals surface area (Å²) < 4.78 is 9.03. The third kappa shape index (κ3) is 4.55. The first-order valence-corrected chi connectivity index (χ1v) is 17.4. The summed E-state index contributed by atoms with van der Waals surface area (Å²) in [4.78, 5) is 2.43. The minimum atomic E-state index is 0.874. The largest absolute Gasteiger partial charge is 0.456 e. The first-order valence-electron chi connectivity index (χ1n) is 16.6. The highest BCUT2D eigenvalue weighted by atomic mass is 32.1. The Hall–Kier alpha value is -6.16. The summed E-state index contributed by atoms with van der Waals surface area (Å²) in [6.45, 7) is 0. The fourth-order valence-corrected chi connectivity index (χ4v) is 8.63. The number of para-hydroxylation sites is 2. The number of benzene rings is 8. The molecule has 0 radical (unpaired) electrons. The van der Waals surface area contributed by atoms with Gasteiger partial charge in [-0.15, -0.1) is 11.3 Å². The molecule has 0 aliphatic heterocycles. The lowest BCUT2D eigenvalue weighted by molar-refractivity contribution is 0.669. The number of hydrogen-bond acceptors (Lipinski definition) is 3. The van der Waals surface area contributed by atoms with Gasteiger partial charge in [0.2, 0.25) is 0 Å². The van der Waals surface area contributed by atoms with Gasteiger partial charge in [0.25, 0.3) is 0 Å². The maximum absolute atomic E-state index is 6.43. The summed E-state index contributed by atoms with van der Waals surface area (Å²) in [6, 6.07) is 63.3. The molecule has 10 rings (SSSR count). The molecule has 0 atom stereocenters. The van der Waals surface area contributed by atoms with Crippen LogP contribution < -0.4 is 4.90 Å². The van der Waals surface area contributed by atoms with Crippen molar-refractivity contribution in [2.24, 2.45) is 0 Å². The summed E-state index contributed by atoms with van der Waals surface area (Å²) in [5, 5.41) is 7.28. The minimum absolute atomic E-state index is 0.874. The molecule has 0 N–H and O–H groups in total. The van der Waals surface area contributed by atoms with E-state index in [0.717, 1.165) is 39.0 Å². The maximum Gasteiger partial charge on any atom is 0.137 e. The molecule has 0 saturated heterocycles. The molecular weight excluding hydrogens is 615 g/mol. The number of anilines is 3. The van der Waals surface area contributed by atoms with Crippen LogP contribution in [0.5, 0.6) is 0 Å². The van der Waals surface area contributed by atoms with Crippen molar-refractivity contribution in [3.63, 3.8) is 0 Å². The van der Waals surface area contributed by atoms with E-state index < -0.39 is 0 Å². The molecule has 49 heavy (non-hydrogen) atoms. The van der Waals surface area contributed by atoms with Crippen molar-refractivity contribution in [2.45, 2.75) is 0 Å². The standard InChI is InChI=1S/C46H29NOS/c1-2-13-31-28-33(27-26-30(31)12-1)32-14-9-15-34(29-32)47(41-22-11-24-43-45(41)39-18-4-7-23-42(39)48-43)40-21-6-3-16-35(40)37-19-10-20-38-36-17-5-8-25-44(36)49-46(37)38/h1-29H. The van der Waals surface area contributed by atoms with Crippen molar-refractivity contribution in [1.29, 1.82) is 0 Å². The van der Waals surface area contributed by atoms with Gasteiger partial charge >= 0.3 is 0 Å². The number of rotatable bonds is 5. The normalized spacial score (nSPS) is 11.7. The first kappa shape index (κ1) is 27.9. The number of thiophene rings is 1. The van der Waals surface area contributed by atoms with Crippen molar-refractivity contribution in [3.8, 4) is 22.3 Å². The topological polar surface area (TPSA) is 16.4 Å². The van der Waals surface area contributed by atoms with E-state index in [1.54, 1.807) is 0 Å². The van der Waals surface area contributed by atoms with Crippen LogP contribution in [0.3, 0.4) is 0 Å². The molecule has 0 aliphatic carbocycles. The molecule has 0 fully saturated rings. The van der Waals surface area contributed by atoms with Gasteiger partial charge in [0.1, 0.15) is 11.2 Å². The summed E-state index contributed by atoms with van der Waals surface area (Å²) in [5.74, 6) is 0. The van der Waals surface area contributed by atoms with Crippen LogP contribution in [0.25, 0.3) is 75.1 Å². The highest BCUT2D eigenvalue weighted by Gasteiger charge is 2.23. The van der Waals surface area contributed by atoms with Crippen molar-refractivity contribution in [3.05, 3.63) is 176 Å². The van der Waals surface area contributed by atoms with Gasteiger partial charge in [-0.2, -0.15) is 0 Å². The molecule has 0 spiro atoms. The van der Waals surface area contributed by atoms with Crippen molar-refractivity contribution < 1.29 is 4.42 Å². The van der Waals surface area contributed by atoms with Crippen LogP contribution >= 0.6 is 11.3 Å². The second-order valence-electron chi connectivity index (χ2n) is 12.5. The Labute approximate surface area is 287 Å². The van der Waals surface area contributed by atoms with Crippen LogP contribution in [0.4, 0.5) is 17.1 Å². The monoisotopic (exact) mass is 643 g/mol. The number of furan rings is 1. The Morgan fingerprint density at radius 3 is 2.06 bits per heavy atom. The van der Waals surface area contributed by atoms with Crippen LogP contribution in [0.2, 0.25) is 0 Å². The highest BCUT2D eigenvalue weighted by molar-refractivity contribution is 7.26. The third-order valence-corrected chi connectivity index (χ3v) is 10.9. The molecule has 2 heterocycles. The average Bonchev–Trinajstić information content (AvgIpc) is 3.74. The zero-order valence-electron chi connectivity index (χ0n) is 26.5. The molecule has 0 aliphatic rings. The maximum atomic E-state index is 6.43. The van der Waals surface area contributed by atoms with Gasteiger partial charge in [-0.1, -0.05) is 127 Å². The van der Waals surface area contributed by atoms with Gasteiger partial charge in [-0.3, -0.25) is 0 Å². The van der Waals surface area contributed by atoms with Gasteiger partial charge in [0.05, 0.1) is 16.8 Å². The second kappa shape index (κ2) is 11.2. The van der Waals surface area contributed by atoms with Crippen molar-refractivity contribution in [1.82, 2.24) is 0 Å². The second-order valence-corrected chi connectivity index (χ2v) is 13.5. The SMILES string of the molecule is c1cc(-c2ccc3ccccc3c2)cc(N(c2ccccc2-c2cccc3c2sc2ccccc23)c2cccc3oc4ccccc4c23)c1. The van der Waals surface area contributed by atoms with E-state index in [0.29, 0.717) is 0 Å². The Balaban J connectivity index is 1.25. The molecule has 2 aromatic heterocycles. The molecule has 0 bridgehead atoms. The lowest BCUT2D eigenvalue weighted by Crippen LogP contribution is -2.11. The lowest BCUT2D eigenvalue weighted by atomic mass is 9.98. The van der Waals surface area contributed by atoms with Crippen LogP contribution in [-0.4, -0.2) is 0 Å². The van der Waals surface area contributed by atoms with Crippen molar-refractivity contribution >= 4 is 81.3 Å². The van der Waals surface area contributed by atoms with Gasteiger partial charge in [-0.25, -0.2) is 0 Å². The zero-order valence-corrected chi connectivity index (χ0v) is 27.3. The highest BCUT2D eigenvalue weighted by Crippen LogP contribution is 2.48. The molecule has 0 saturated carbocycles. The predicted molar refractivity (Wildman–Crippen MR) is 210 cm³/mol. The van der Waals surface area contributed by atoms with Crippen LogP contribution in [-0.2, 0) is 0 Å². The van der Waals surface area contributed by atoms with E-state index in [1.165, 1.54) is 53.2 Å². The lowest BCUT2D eigenvalue weighted by Gasteiger charge is -2.29. The molecule has 8 aromatic carbocycles. The van der Waals surface area contributed by atoms with E-state index >= 15 is 0 Å².